The van der Waals surface area contributed by atoms with Crippen molar-refractivity contribution in [3.63, 3.8) is 0 Å². The maximum absolute atomic E-state index is 13.5. The number of ketones is 1. The first kappa shape index (κ1) is 20.8. The topological polar surface area (TPSA) is 77.3 Å². The molecule has 0 bridgehead atoms. The van der Waals surface area contributed by atoms with Gasteiger partial charge in [0.25, 0.3) is 5.91 Å². The van der Waals surface area contributed by atoms with Crippen molar-refractivity contribution in [2.24, 2.45) is 0 Å². The van der Waals surface area contributed by atoms with Crippen molar-refractivity contribution < 1.29 is 14.3 Å². The van der Waals surface area contributed by atoms with E-state index in [0.717, 1.165) is 12.8 Å². The number of likely N-dealkylation sites (tertiary alicyclic amines) is 1. The van der Waals surface area contributed by atoms with Gasteiger partial charge in [0, 0.05) is 18.0 Å². The quantitative estimate of drug-likeness (QED) is 0.567. The summed E-state index contributed by atoms with van der Waals surface area (Å²) in [5.74, 6) is 0.680. The summed E-state index contributed by atoms with van der Waals surface area (Å²) >= 11 is 0. The van der Waals surface area contributed by atoms with Crippen LogP contribution in [-0.4, -0.2) is 50.3 Å². The van der Waals surface area contributed by atoms with E-state index < -0.39 is 0 Å². The summed E-state index contributed by atoms with van der Waals surface area (Å²) in [7, 11) is 0. The highest BCUT2D eigenvalue weighted by molar-refractivity contribution is 5.98. The summed E-state index contributed by atoms with van der Waals surface area (Å²) < 4.78 is 6.18. The minimum atomic E-state index is -0.137. The smallest absolute Gasteiger partial charge is 0.256 e. The van der Waals surface area contributed by atoms with Gasteiger partial charge in [-0.2, -0.15) is 15.0 Å². The fraction of sp³-hybridized carbons (Fsp3) is 0.333. The molecule has 0 unspecified atom stereocenters. The van der Waals surface area contributed by atoms with Crippen LogP contribution in [0.4, 0.5) is 0 Å². The van der Waals surface area contributed by atoms with Gasteiger partial charge >= 0.3 is 0 Å². The molecular formula is C24H26N4O3. The number of para-hydroxylation sites is 1. The Morgan fingerprint density at radius 2 is 1.84 bits per heavy atom. The second-order valence-corrected chi connectivity index (χ2v) is 7.76. The fourth-order valence-electron chi connectivity index (χ4n) is 3.92. The molecule has 3 aromatic rings. The number of hydrogen-bond acceptors (Lipinski definition) is 5. The number of piperidine rings is 1. The molecule has 7 nitrogen and oxygen atoms in total. The number of carbonyl (C=O) groups excluding carboxylic acids is 2. The molecule has 0 aliphatic carbocycles. The Morgan fingerprint density at radius 1 is 1.06 bits per heavy atom. The van der Waals surface area contributed by atoms with Gasteiger partial charge in [0.1, 0.15) is 11.9 Å². The Balaban J connectivity index is 1.53. The van der Waals surface area contributed by atoms with Crippen LogP contribution >= 0.6 is 0 Å². The average Bonchev–Trinajstić information content (AvgIpc) is 3.34. The van der Waals surface area contributed by atoms with Gasteiger partial charge in [0.2, 0.25) is 0 Å². The van der Waals surface area contributed by atoms with E-state index >= 15 is 0 Å². The molecule has 1 saturated heterocycles. The van der Waals surface area contributed by atoms with Crippen molar-refractivity contribution in [3.8, 4) is 11.4 Å². The molecule has 0 N–H and O–H groups in total. The Labute approximate surface area is 181 Å². The van der Waals surface area contributed by atoms with E-state index in [2.05, 4.69) is 17.1 Å². The van der Waals surface area contributed by atoms with E-state index in [1.165, 1.54) is 4.80 Å². The zero-order chi connectivity index (χ0) is 21.8. The van der Waals surface area contributed by atoms with Gasteiger partial charge in [-0.3, -0.25) is 9.59 Å². The minimum Gasteiger partial charge on any atom is -0.489 e. The van der Waals surface area contributed by atoms with E-state index in [1.54, 1.807) is 30.6 Å². The standard InChI is InChI=1S/C24H26N4O3/c1-3-23(29)18-7-6-8-19(15-18)31-20-12-11-17(2)27(16-20)24(30)21-9-4-5-10-22(21)28-25-13-14-26-28/h4-10,13-15,17,20H,3,11-12,16H2,1-2H3/t17-,20-/m1/s1. The van der Waals surface area contributed by atoms with Crippen molar-refractivity contribution in [3.05, 3.63) is 72.1 Å². The zero-order valence-electron chi connectivity index (χ0n) is 17.8. The molecule has 0 spiro atoms. The summed E-state index contributed by atoms with van der Waals surface area (Å²) in [5, 5.41) is 8.35. The van der Waals surface area contributed by atoms with Gasteiger partial charge in [-0.1, -0.05) is 31.2 Å². The third kappa shape index (κ3) is 4.50. The van der Waals surface area contributed by atoms with Crippen LogP contribution in [0.3, 0.4) is 0 Å². The second kappa shape index (κ2) is 9.12. The van der Waals surface area contributed by atoms with Gasteiger partial charge in [-0.05, 0) is 44.0 Å². The molecule has 0 saturated carbocycles. The maximum atomic E-state index is 13.5. The van der Waals surface area contributed by atoms with Crippen LogP contribution in [-0.2, 0) is 0 Å². The van der Waals surface area contributed by atoms with Crippen molar-refractivity contribution in [1.82, 2.24) is 19.9 Å². The number of rotatable bonds is 6. The van der Waals surface area contributed by atoms with Crippen LogP contribution in [0.25, 0.3) is 5.69 Å². The van der Waals surface area contributed by atoms with Crippen LogP contribution < -0.4 is 4.74 Å². The molecule has 7 heteroatoms. The zero-order valence-corrected chi connectivity index (χ0v) is 17.8. The Hall–Kier alpha value is -3.48. The van der Waals surface area contributed by atoms with Crippen LogP contribution in [0.15, 0.2) is 60.9 Å². The molecule has 1 amide bonds. The molecule has 31 heavy (non-hydrogen) atoms. The first-order chi connectivity index (χ1) is 15.1. The van der Waals surface area contributed by atoms with E-state index in [9.17, 15) is 9.59 Å². The van der Waals surface area contributed by atoms with Gasteiger partial charge in [-0.15, -0.1) is 0 Å². The highest BCUT2D eigenvalue weighted by Crippen LogP contribution is 2.26. The van der Waals surface area contributed by atoms with E-state index in [1.807, 2.05) is 42.2 Å². The van der Waals surface area contributed by atoms with Crippen LogP contribution in [0, 0.1) is 0 Å². The van der Waals surface area contributed by atoms with Crippen molar-refractivity contribution >= 4 is 11.7 Å². The third-order valence-corrected chi connectivity index (χ3v) is 5.65. The fourth-order valence-corrected chi connectivity index (χ4v) is 3.92. The molecule has 0 radical (unpaired) electrons. The van der Waals surface area contributed by atoms with Crippen molar-refractivity contribution in [1.29, 1.82) is 0 Å². The molecule has 1 aromatic heterocycles. The lowest BCUT2D eigenvalue weighted by molar-refractivity contribution is 0.0384. The molecule has 1 fully saturated rings. The average molecular weight is 418 g/mol. The highest BCUT2D eigenvalue weighted by atomic mass is 16.5. The lowest BCUT2D eigenvalue weighted by Gasteiger charge is -2.38. The van der Waals surface area contributed by atoms with Gasteiger partial charge in [-0.25, -0.2) is 0 Å². The lowest BCUT2D eigenvalue weighted by Crippen LogP contribution is -2.49. The number of nitrogens with zero attached hydrogens (tertiary/aromatic N) is 4. The Morgan fingerprint density at radius 3 is 2.61 bits per heavy atom. The number of hydrogen-bond donors (Lipinski definition) is 0. The van der Waals surface area contributed by atoms with Gasteiger partial charge in [0.05, 0.1) is 30.2 Å². The van der Waals surface area contributed by atoms with Crippen LogP contribution in [0.1, 0.15) is 53.8 Å². The monoisotopic (exact) mass is 418 g/mol. The highest BCUT2D eigenvalue weighted by Gasteiger charge is 2.32. The number of amides is 1. The number of ether oxygens (including phenoxy) is 1. The first-order valence-electron chi connectivity index (χ1n) is 10.6. The predicted octanol–water partition coefficient (Wildman–Crippen LogP) is 3.93. The SMILES string of the molecule is CCC(=O)c1cccc(O[C@@H]2CC[C@@H](C)N(C(=O)c3ccccc3-n3nccn3)C2)c1. The predicted molar refractivity (Wildman–Crippen MR) is 117 cm³/mol. The normalized spacial score (nSPS) is 18.6. The van der Waals surface area contributed by atoms with Gasteiger partial charge < -0.3 is 9.64 Å². The van der Waals surface area contributed by atoms with Crippen LogP contribution in [0.5, 0.6) is 5.75 Å². The minimum absolute atomic E-state index is 0.0661. The number of benzene rings is 2. The van der Waals surface area contributed by atoms with E-state index in [0.29, 0.717) is 35.5 Å². The lowest BCUT2D eigenvalue weighted by atomic mass is 9.99. The van der Waals surface area contributed by atoms with Crippen molar-refractivity contribution in [2.45, 2.75) is 45.3 Å². The number of aromatic nitrogens is 3. The summed E-state index contributed by atoms with van der Waals surface area (Å²) in [5.41, 5.74) is 1.86. The summed E-state index contributed by atoms with van der Waals surface area (Å²) in [4.78, 5) is 28.8. The van der Waals surface area contributed by atoms with Crippen LogP contribution in [0.2, 0.25) is 0 Å². The maximum Gasteiger partial charge on any atom is 0.256 e. The molecule has 1 aliphatic rings. The first-order valence-corrected chi connectivity index (χ1v) is 10.6. The van der Waals surface area contributed by atoms with E-state index in [4.69, 9.17) is 4.74 Å². The third-order valence-electron chi connectivity index (χ3n) is 5.65. The molecular weight excluding hydrogens is 392 g/mol. The van der Waals surface area contributed by atoms with Gasteiger partial charge in [0.15, 0.2) is 5.78 Å². The molecule has 2 heterocycles. The summed E-state index contributed by atoms with van der Waals surface area (Å²) in [6.07, 6.45) is 5.18. The second-order valence-electron chi connectivity index (χ2n) is 7.76. The number of Topliss-reactive ketones (excluding diaryl/α,β-unsaturated/α-hetero) is 1. The number of carbonyl (C=O) groups is 2. The summed E-state index contributed by atoms with van der Waals surface area (Å²) in [6.45, 7) is 4.38. The Kier molecular flexibility index (Phi) is 6.11. The molecule has 1 aliphatic heterocycles. The molecule has 2 aromatic carbocycles. The van der Waals surface area contributed by atoms with E-state index in [-0.39, 0.29) is 23.8 Å². The molecule has 4 rings (SSSR count). The molecule has 160 valence electrons. The largest absolute Gasteiger partial charge is 0.489 e. The molecule has 2 atom stereocenters. The van der Waals surface area contributed by atoms with Crippen molar-refractivity contribution in [2.75, 3.05) is 6.54 Å². The summed E-state index contributed by atoms with van der Waals surface area (Å²) in [6, 6.07) is 14.7. The Bertz CT molecular complexity index is 1060.